The summed E-state index contributed by atoms with van der Waals surface area (Å²) in [5, 5.41) is 4.69. The number of carbonyl (C=O) groups excluding carboxylic acids is 1. The molecule has 7 heteroatoms. The van der Waals surface area contributed by atoms with E-state index in [1.54, 1.807) is 18.5 Å². The number of pyridine rings is 1. The van der Waals surface area contributed by atoms with Crippen molar-refractivity contribution < 1.29 is 4.79 Å². The van der Waals surface area contributed by atoms with Crippen LogP contribution >= 0.6 is 0 Å². The molecular weight excluding hydrogens is 436 g/mol. The molecule has 1 aliphatic rings. The normalized spacial score (nSPS) is 14.4. The second kappa shape index (κ2) is 8.83. The number of anilines is 2. The van der Waals surface area contributed by atoms with Gasteiger partial charge in [0, 0.05) is 35.6 Å². The minimum atomic E-state index is -0.203. The molecule has 0 aliphatic heterocycles. The van der Waals surface area contributed by atoms with Gasteiger partial charge in [0.1, 0.15) is 28.7 Å². The number of amides is 1. The highest BCUT2D eigenvalue weighted by Crippen LogP contribution is 2.39. The maximum Gasteiger partial charge on any atom is 0.257 e. The molecule has 7 nitrogen and oxygen atoms in total. The van der Waals surface area contributed by atoms with Gasteiger partial charge in [-0.05, 0) is 41.8 Å². The number of benzene rings is 2. The molecule has 0 radical (unpaired) electrons. The Kier molecular flexibility index (Phi) is 5.37. The third-order valence-electron chi connectivity index (χ3n) is 6.91. The zero-order chi connectivity index (χ0) is 23.8. The van der Waals surface area contributed by atoms with Gasteiger partial charge in [-0.2, -0.15) is 0 Å². The van der Waals surface area contributed by atoms with Crippen molar-refractivity contribution in [3.63, 3.8) is 0 Å². The topological polar surface area (TPSA) is 98.2 Å². The fourth-order valence-corrected chi connectivity index (χ4v) is 5.25. The Morgan fingerprint density at radius 2 is 1.71 bits per heavy atom. The second-order valence-corrected chi connectivity index (χ2v) is 9.06. The summed E-state index contributed by atoms with van der Waals surface area (Å²) in [6, 6.07) is 17.2. The molecule has 35 heavy (non-hydrogen) atoms. The molecule has 0 spiro atoms. The summed E-state index contributed by atoms with van der Waals surface area (Å²) in [7, 11) is 0. The van der Waals surface area contributed by atoms with Gasteiger partial charge in [0.05, 0.1) is 0 Å². The molecule has 1 aliphatic carbocycles. The Bertz CT molecular complexity index is 1540. The summed E-state index contributed by atoms with van der Waals surface area (Å²) in [6.07, 6.45) is 11.3. The molecule has 1 amide bonds. The van der Waals surface area contributed by atoms with Crippen LogP contribution in [0.25, 0.3) is 27.5 Å². The first kappa shape index (κ1) is 21.3. The van der Waals surface area contributed by atoms with Crippen molar-refractivity contribution in [1.29, 1.82) is 0 Å². The number of nitrogens with zero attached hydrogens (tertiary/aromatic N) is 4. The zero-order valence-corrected chi connectivity index (χ0v) is 19.3. The Hall–Kier alpha value is -4.26. The van der Waals surface area contributed by atoms with E-state index in [2.05, 4.69) is 19.7 Å². The fourth-order valence-electron chi connectivity index (χ4n) is 5.25. The van der Waals surface area contributed by atoms with Crippen LogP contribution in [0.5, 0.6) is 0 Å². The Morgan fingerprint density at radius 3 is 2.51 bits per heavy atom. The molecule has 3 heterocycles. The number of carbonyl (C=O) groups is 1. The number of hydrogen-bond acceptors (Lipinski definition) is 5. The average Bonchev–Trinajstić information content (AvgIpc) is 3.30. The molecular formula is C28H26N6O. The standard InChI is InChI=1S/C28H26N6O/c29-26-25-24(33-27(34(25)17-16-31-26)18-8-2-1-3-9-18)21-13-14-22(20-11-5-4-10-19(20)21)28(35)32-23-12-6-7-15-30-23/h4-7,10-18H,1-3,8-9H2,(H2,29,31)(H,30,32,35). The molecule has 0 atom stereocenters. The highest BCUT2D eigenvalue weighted by molar-refractivity contribution is 6.15. The lowest BCUT2D eigenvalue weighted by molar-refractivity contribution is 0.102. The van der Waals surface area contributed by atoms with E-state index < -0.39 is 0 Å². The van der Waals surface area contributed by atoms with E-state index in [0.717, 1.165) is 46.2 Å². The molecule has 1 saturated carbocycles. The largest absolute Gasteiger partial charge is 0.382 e. The Morgan fingerprint density at radius 1 is 0.914 bits per heavy atom. The third-order valence-corrected chi connectivity index (χ3v) is 6.91. The van der Waals surface area contributed by atoms with Crippen molar-refractivity contribution in [3.8, 4) is 11.3 Å². The van der Waals surface area contributed by atoms with Crippen LogP contribution < -0.4 is 11.1 Å². The maximum absolute atomic E-state index is 13.2. The molecule has 2 aromatic carbocycles. The van der Waals surface area contributed by atoms with Gasteiger partial charge in [0.2, 0.25) is 0 Å². The predicted molar refractivity (Wildman–Crippen MR) is 138 cm³/mol. The van der Waals surface area contributed by atoms with Gasteiger partial charge in [-0.15, -0.1) is 0 Å². The summed E-state index contributed by atoms with van der Waals surface area (Å²) in [6.45, 7) is 0. The highest BCUT2D eigenvalue weighted by atomic mass is 16.1. The quantitative estimate of drug-likeness (QED) is 0.350. The number of imidazole rings is 1. The van der Waals surface area contributed by atoms with Crippen LogP contribution in [0.3, 0.4) is 0 Å². The Labute approximate surface area is 203 Å². The fraction of sp³-hybridized carbons (Fsp3) is 0.214. The first-order valence-corrected chi connectivity index (χ1v) is 12.1. The van der Waals surface area contributed by atoms with Crippen molar-refractivity contribution in [2.24, 2.45) is 0 Å². The van der Waals surface area contributed by atoms with E-state index in [0.29, 0.717) is 23.1 Å². The second-order valence-electron chi connectivity index (χ2n) is 9.06. The predicted octanol–water partition coefficient (Wildman–Crippen LogP) is 5.83. The van der Waals surface area contributed by atoms with Gasteiger partial charge in [-0.3, -0.25) is 9.20 Å². The summed E-state index contributed by atoms with van der Waals surface area (Å²) in [5.41, 5.74) is 9.55. The van der Waals surface area contributed by atoms with Crippen molar-refractivity contribution in [1.82, 2.24) is 19.4 Å². The molecule has 1 fully saturated rings. The number of nitrogens with two attached hydrogens (primary N) is 1. The van der Waals surface area contributed by atoms with Gasteiger partial charge >= 0.3 is 0 Å². The smallest absolute Gasteiger partial charge is 0.257 e. The van der Waals surface area contributed by atoms with Crippen LogP contribution in [0, 0.1) is 0 Å². The third kappa shape index (κ3) is 3.79. The zero-order valence-electron chi connectivity index (χ0n) is 19.3. The first-order chi connectivity index (χ1) is 17.2. The summed E-state index contributed by atoms with van der Waals surface area (Å²) in [4.78, 5) is 26.9. The molecule has 0 bridgehead atoms. The number of hydrogen-bond donors (Lipinski definition) is 2. The molecule has 0 saturated heterocycles. The van der Waals surface area contributed by atoms with Crippen LogP contribution in [-0.4, -0.2) is 25.3 Å². The maximum atomic E-state index is 13.2. The van der Waals surface area contributed by atoms with E-state index in [9.17, 15) is 4.79 Å². The summed E-state index contributed by atoms with van der Waals surface area (Å²) >= 11 is 0. The van der Waals surface area contributed by atoms with Crippen LogP contribution in [0.1, 0.15) is 54.2 Å². The van der Waals surface area contributed by atoms with Gasteiger partial charge in [0.25, 0.3) is 5.91 Å². The monoisotopic (exact) mass is 462 g/mol. The SMILES string of the molecule is Nc1nccn2c(C3CCCCC3)nc(-c3ccc(C(=O)Nc4ccccn4)c4ccccc34)c12. The van der Waals surface area contributed by atoms with Crippen LogP contribution in [-0.2, 0) is 0 Å². The molecule has 3 N–H and O–H groups in total. The first-order valence-electron chi connectivity index (χ1n) is 12.1. The van der Waals surface area contributed by atoms with Crippen LogP contribution in [0.2, 0.25) is 0 Å². The van der Waals surface area contributed by atoms with Gasteiger partial charge in [-0.25, -0.2) is 15.0 Å². The van der Waals surface area contributed by atoms with Crippen LogP contribution in [0.15, 0.2) is 73.2 Å². The molecule has 3 aromatic heterocycles. The molecule has 5 aromatic rings. The van der Waals surface area contributed by atoms with E-state index >= 15 is 0 Å². The number of rotatable bonds is 4. The van der Waals surface area contributed by atoms with E-state index in [1.807, 2.05) is 54.7 Å². The van der Waals surface area contributed by atoms with Gasteiger partial charge in [0.15, 0.2) is 0 Å². The van der Waals surface area contributed by atoms with Gasteiger partial charge in [-0.1, -0.05) is 55.7 Å². The van der Waals surface area contributed by atoms with Crippen molar-refractivity contribution in [3.05, 3.63) is 84.6 Å². The molecule has 6 rings (SSSR count). The minimum absolute atomic E-state index is 0.203. The summed E-state index contributed by atoms with van der Waals surface area (Å²) < 4.78 is 2.12. The lowest BCUT2D eigenvalue weighted by atomic mass is 9.89. The molecule has 0 unspecified atom stereocenters. The lowest BCUT2D eigenvalue weighted by Crippen LogP contribution is -2.13. The average molecular weight is 463 g/mol. The van der Waals surface area contributed by atoms with Crippen LogP contribution in [0.4, 0.5) is 11.6 Å². The number of aromatic nitrogens is 4. The number of nitrogens with one attached hydrogen (secondary N) is 1. The highest BCUT2D eigenvalue weighted by Gasteiger charge is 2.25. The Balaban J connectivity index is 1.50. The van der Waals surface area contributed by atoms with E-state index in [4.69, 9.17) is 10.7 Å². The number of nitrogen functional groups attached to an aromatic ring is 1. The van der Waals surface area contributed by atoms with Crippen molar-refractivity contribution in [2.45, 2.75) is 38.0 Å². The van der Waals surface area contributed by atoms with Crippen molar-refractivity contribution in [2.75, 3.05) is 11.1 Å². The lowest BCUT2D eigenvalue weighted by Gasteiger charge is -2.20. The van der Waals surface area contributed by atoms with E-state index in [1.165, 1.54) is 19.3 Å². The summed E-state index contributed by atoms with van der Waals surface area (Å²) in [5.74, 6) is 2.22. The minimum Gasteiger partial charge on any atom is -0.382 e. The van der Waals surface area contributed by atoms with Gasteiger partial charge < -0.3 is 11.1 Å². The number of fused-ring (bicyclic) bond motifs is 2. The van der Waals surface area contributed by atoms with E-state index in [-0.39, 0.29) is 5.91 Å². The molecule has 174 valence electrons. The van der Waals surface area contributed by atoms with Crippen molar-refractivity contribution >= 4 is 33.8 Å².